The Kier molecular flexibility index (Phi) is 6.49. The summed E-state index contributed by atoms with van der Waals surface area (Å²) in [4.78, 5) is 21.2. The van der Waals surface area contributed by atoms with Crippen molar-refractivity contribution in [3.05, 3.63) is 12.2 Å². The van der Waals surface area contributed by atoms with Crippen molar-refractivity contribution in [2.75, 3.05) is 13.4 Å². The molecule has 0 bridgehead atoms. The third kappa shape index (κ3) is 5.93. The Morgan fingerprint density at radius 2 is 2.13 bits per heavy atom. The van der Waals surface area contributed by atoms with Gasteiger partial charge >= 0.3 is 13.8 Å². The number of rotatable bonds is 6. The van der Waals surface area contributed by atoms with Crippen LogP contribution in [0.3, 0.4) is 0 Å². The molecule has 1 amide bonds. The SMILES string of the molecule is CNC(=O)CC(/C=C\C(=O)O)[P+](=O)CO. The van der Waals surface area contributed by atoms with Crippen LogP contribution in [0.2, 0.25) is 0 Å². The number of amides is 1. The lowest BCUT2D eigenvalue weighted by Crippen LogP contribution is -2.22. The highest BCUT2D eigenvalue weighted by Gasteiger charge is 2.29. The molecule has 0 aliphatic carbocycles. The molecule has 6 nitrogen and oxygen atoms in total. The summed E-state index contributed by atoms with van der Waals surface area (Å²) < 4.78 is 11.2. The molecular formula is C8H13NO5P+. The first kappa shape index (κ1) is 13.7. The minimum Gasteiger partial charge on any atom is -0.478 e. The zero-order valence-corrected chi connectivity index (χ0v) is 9.11. The Morgan fingerprint density at radius 1 is 1.53 bits per heavy atom. The lowest BCUT2D eigenvalue weighted by atomic mass is 10.2. The molecule has 0 heterocycles. The van der Waals surface area contributed by atoms with Crippen molar-refractivity contribution in [1.29, 1.82) is 0 Å². The molecule has 0 aliphatic heterocycles. The van der Waals surface area contributed by atoms with Gasteiger partial charge in [-0.3, -0.25) is 4.79 Å². The van der Waals surface area contributed by atoms with Gasteiger partial charge in [-0.2, -0.15) is 0 Å². The number of carboxylic acids is 1. The van der Waals surface area contributed by atoms with Crippen LogP contribution in [0.5, 0.6) is 0 Å². The monoisotopic (exact) mass is 234 g/mol. The minimum atomic E-state index is -2.02. The molecule has 3 N–H and O–H groups in total. The Labute approximate surface area is 87.8 Å². The van der Waals surface area contributed by atoms with Crippen LogP contribution in [0, 0.1) is 0 Å². The number of carboxylic acid groups (broad SMARTS) is 1. The normalized spacial score (nSPS) is 13.6. The molecule has 0 aromatic carbocycles. The van der Waals surface area contributed by atoms with Gasteiger partial charge in [-0.25, -0.2) is 4.79 Å². The molecule has 0 saturated carbocycles. The third-order valence-corrected chi connectivity index (χ3v) is 3.02. The van der Waals surface area contributed by atoms with Crippen molar-refractivity contribution in [1.82, 2.24) is 5.32 Å². The molecule has 0 radical (unpaired) electrons. The van der Waals surface area contributed by atoms with Crippen LogP contribution in [0.25, 0.3) is 0 Å². The first-order chi connectivity index (χ1) is 7.01. The van der Waals surface area contributed by atoms with Crippen molar-refractivity contribution in [2.45, 2.75) is 12.1 Å². The molecule has 0 aromatic rings. The zero-order valence-electron chi connectivity index (χ0n) is 8.21. The van der Waals surface area contributed by atoms with Gasteiger partial charge in [0.15, 0.2) is 5.66 Å². The highest BCUT2D eigenvalue weighted by molar-refractivity contribution is 7.45. The van der Waals surface area contributed by atoms with Gasteiger partial charge in [0.25, 0.3) is 0 Å². The van der Waals surface area contributed by atoms with Crippen LogP contribution in [-0.2, 0) is 14.2 Å². The van der Waals surface area contributed by atoms with E-state index in [1.807, 2.05) is 0 Å². The Morgan fingerprint density at radius 3 is 2.53 bits per heavy atom. The topological polar surface area (TPSA) is 104 Å². The molecule has 15 heavy (non-hydrogen) atoms. The molecule has 0 fully saturated rings. The number of allylic oxidation sites excluding steroid dienone is 1. The first-order valence-corrected chi connectivity index (χ1v) is 5.69. The van der Waals surface area contributed by atoms with Crippen LogP contribution >= 0.6 is 7.80 Å². The second-order valence-electron chi connectivity index (χ2n) is 2.70. The average Bonchev–Trinajstić information content (AvgIpc) is 2.22. The molecule has 0 aromatic heterocycles. The van der Waals surface area contributed by atoms with E-state index in [0.717, 1.165) is 12.2 Å². The van der Waals surface area contributed by atoms with Crippen molar-refractivity contribution in [2.24, 2.45) is 0 Å². The molecule has 2 atom stereocenters. The molecule has 0 aliphatic rings. The van der Waals surface area contributed by atoms with E-state index in [2.05, 4.69) is 5.32 Å². The predicted octanol–water partition coefficient (Wildman–Crippen LogP) is -0.0909. The maximum Gasteiger partial charge on any atom is 0.374 e. The standard InChI is InChI=1S/C8H12NO5P/c1-9-7(11)4-6(15(14)5-10)2-3-8(12)13/h2-3,6,10H,4-5H2,1H3,(H-,9,11,12,13)/p+1/b3-2-. The van der Waals surface area contributed by atoms with E-state index in [4.69, 9.17) is 10.2 Å². The van der Waals surface area contributed by atoms with Crippen molar-refractivity contribution in [3.8, 4) is 0 Å². The van der Waals surface area contributed by atoms with Crippen molar-refractivity contribution in [3.63, 3.8) is 0 Å². The molecule has 2 unspecified atom stereocenters. The van der Waals surface area contributed by atoms with Gasteiger partial charge in [0, 0.05) is 13.1 Å². The van der Waals surface area contributed by atoms with E-state index in [1.165, 1.54) is 7.05 Å². The maximum atomic E-state index is 11.2. The number of aliphatic carboxylic acids is 1. The third-order valence-electron chi connectivity index (χ3n) is 1.64. The number of carbonyl (C=O) groups is 2. The molecule has 7 heteroatoms. The molecule has 0 spiro atoms. The molecule has 0 saturated heterocycles. The number of carbonyl (C=O) groups excluding carboxylic acids is 1. The Bertz CT molecular complexity index is 289. The van der Waals surface area contributed by atoms with E-state index < -0.39 is 25.8 Å². The van der Waals surface area contributed by atoms with E-state index in [-0.39, 0.29) is 12.3 Å². The van der Waals surface area contributed by atoms with Crippen LogP contribution in [0.4, 0.5) is 0 Å². The smallest absolute Gasteiger partial charge is 0.374 e. The first-order valence-electron chi connectivity index (χ1n) is 4.17. The van der Waals surface area contributed by atoms with E-state index >= 15 is 0 Å². The number of nitrogens with one attached hydrogen (secondary N) is 1. The largest absolute Gasteiger partial charge is 0.478 e. The van der Waals surface area contributed by atoms with E-state index in [0.29, 0.717) is 0 Å². The van der Waals surface area contributed by atoms with Gasteiger partial charge in [0.2, 0.25) is 12.3 Å². The van der Waals surface area contributed by atoms with Gasteiger partial charge in [-0.15, -0.1) is 0 Å². The second-order valence-corrected chi connectivity index (χ2v) is 4.48. The molecular weight excluding hydrogens is 221 g/mol. The summed E-state index contributed by atoms with van der Waals surface area (Å²) in [5.74, 6) is -1.54. The predicted molar refractivity (Wildman–Crippen MR) is 53.9 cm³/mol. The summed E-state index contributed by atoms with van der Waals surface area (Å²) in [6.07, 6.45) is 1.31. The summed E-state index contributed by atoms with van der Waals surface area (Å²) >= 11 is 0. The lowest BCUT2D eigenvalue weighted by molar-refractivity contribution is -0.131. The van der Waals surface area contributed by atoms with Crippen LogP contribution in [-0.4, -0.2) is 41.1 Å². The van der Waals surface area contributed by atoms with Crippen LogP contribution in [0.15, 0.2) is 12.2 Å². The van der Waals surface area contributed by atoms with Gasteiger partial charge in [0.1, 0.15) is 0 Å². The highest BCUT2D eigenvalue weighted by atomic mass is 31.1. The van der Waals surface area contributed by atoms with Gasteiger partial charge < -0.3 is 15.5 Å². The highest BCUT2D eigenvalue weighted by Crippen LogP contribution is 2.30. The fraction of sp³-hybridized carbons (Fsp3) is 0.500. The van der Waals surface area contributed by atoms with Gasteiger partial charge in [0.05, 0.1) is 6.42 Å². The number of hydrogen-bond donors (Lipinski definition) is 3. The molecule has 84 valence electrons. The van der Waals surface area contributed by atoms with Crippen molar-refractivity contribution < 1.29 is 24.4 Å². The summed E-state index contributed by atoms with van der Waals surface area (Å²) in [5.41, 5.74) is -0.749. The summed E-state index contributed by atoms with van der Waals surface area (Å²) in [6, 6.07) is 0. The summed E-state index contributed by atoms with van der Waals surface area (Å²) in [6.45, 7) is 0. The molecule has 0 rings (SSSR count). The van der Waals surface area contributed by atoms with E-state index in [9.17, 15) is 14.2 Å². The second kappa shape index (κ2) is 7.09. The van der Waals surface area contributed by atoms with Crippen LogP contribution < -0.4 is 5.32 Å². The maximum absolute atomic E-state index is 11.2. The summed E-state index contributed by atoms with van der Waals surface area (Å²) in [5, 5.41) is 19.4. The zero-order chi connectivity index (χ0) is 11.8. The average molecular weight is 234 g/mol. The number of hydrogen-bond acceptors (Lipinski definition) is 4. The van der Waals surface area contributed by atoms with Crippen LogP contribution in [0.1, 0.15) is 6.42 Å². The Balaban J connectivity index is 4.51. The summed E-state index contributed by atoms with van der Waals surface area (Å²) in [7, 11) is -0.593. The van der Waals surface area contributed by atoms with E-state index in [1.54, 1.807) is 0 Å². The number of aliphatic hydroxyl groups is 1. The minimum absolute atomic E-state index is 0.101. The lowest BCUT2D eigenvalue weighted by Gasteiger charge is -2.00. The fourth-order valence-corrected chi connectivity index (χ4v) is 1.71. The fourth-order valence-electron chi connectivity index (χ4n) is 0.856. The van der Waals surface area contributed by atoms with Gasteiger partial charge in [-0.1, -0.05) is 4.57 Å². The quantitative estimate of drug-likeness (QED) is 0.440. The Hall–Kier alpha value is -1.26. The van der Waals surface area contributed by atoms with Gasteiger partial charge in [-0.05, 0) is 6.08 Å². The number of aliphatic hydroxyl groups excluding tert-OH is 1. The van der Waals surface area contributed by atoms with Crippen molar-refractivity contribution >= 4 is 19.7 Å².